The lowest BCUT2D eigenvalue weighted by Gasteiger charge is -2.49. The van der Waals surface area contributed by atoms with Gasteiger partial charge in [-0.25, -0.2) is 0 Å². The van der Waals surface area contributed by atoms with Gasteiger partial charge in [0, 0.05) is 11.9 Å². The number of hydrogen-bond acceptors (Lipinski definition) is 6. The van der Waals surface area contributed by atoms with Crippen LogP contribution in [0.2, 0.25) is 10.0 Å². The van der Waals surface area contributed by atoms with Gasteiger partial charge in [0.2, 0.25) is 12.2 Å². The van der Waals surface area contributed by atoms with Gasteiger partial charge in [-0.15, -0.1) is 0 Å². The minimum Gasteiger partial charge on any atom is -0.461 e. The first-order chi connectivity index (χ1) is 12.2. The van der Waals surface area contributed by atoms with Gasteiger partial charge in [0.15, 0.2) is 5.79 Å². The molecule has 2 heterocycles. The van der Waals surface area contributed by atoms with Crippen molar-refractivity contribution in [1.82, 2.24) is 5.32 Å². The number of aliphatic hydroxyl groups excluding tert-OH is 1. The molecule has 0 spiro atoms. The Bertz CT molecular complexity index is 685. The van der Waals surface area contributed by atoms with Crippen molar-refractivity contribution in [2.75, 3.05) is 6.61 Å². The second-order valence-electron chi connectivity index (χ2n) is 6.75. The number of halogens is 2. The van der Waals surface area contributed by atoms with E-state index in [-0.39, 0.29) is 17.5 Å². The van der Waals surface area contributed by atoms with Gasteiger partial charge in [0.1, 0.15) is 30.1 Å². The molecule has 2 aliphatic heterocycles. The third kappa shape index (κ3) is 4.24. The Kier molecular flexibility index (Phi) is 5.67. The lowest BCUT2D eigenvalue weighted by Crippen LogP contribution is -2.69. The van der Waals surface area contributed by atoms with Gasteiger partial charge in [-0.3, -0.25) is 4.79 Å². The van der Waals surface area contributed by atoms with E-state index in [0.717, 1.165) is 0 Å². The first kappa shape index (κ1) is 19.7. The summed E-state index contributed by atoms with van der Waals surface area (Å²) in [7, 11) is 0. The molecule has 1 aromatic carbocycles. The van der Waals surface area contributed by atoms with Crippen LogP contribution in [-0.4, -0.2) is 54.1 Å². The number of fused-ring (bicyclic) bond motifs is 1. The number of carbonyl (C=O) groups is 1. The number of ether oxygens (including phenoxy) is 4. The first-order valence-corrected chi connectivity index (χ1v) is 8.96. The Morgan fingerprint density at radius 3 is 2.77 bits per heavy atom. The Balaban J connectivity index is 1.84. The van der Waals surface area contributed by atoms with Crippen molar-refractivity contribution in [3.63, 3.8) is 0 Å². The topological polar surface area (TPSA) is 86.3 Å². The van der Waals surface area contributed by atoms with E-state index in [1.54, 1.807) is 26.0 Å². The van der Waals surface area contributed by atoms with Crippen LogP contribution in [0.25, 0.3) is 0 Å². The number of amides is 1. The normalized spacial score (nSPS) is 33.2. The number of nitrogens with one attached hydrogen (secondary N) is 1. The SMILES string of the molecule is CC(=O)N[C@@H]1[C@H](Oc2ccc(Cl)cc2Cl)O[C@@H]2COC(C)(C)O[C@@H]2[C@@H]1O. The van der Waals surface area contributed by atoms with E-state index < -0.39 is 36.4 Å². The van der Waals surface area contributed by atoms with Gasteiger partial charge in [0.05, 0.1) is 11.6 Å². The predicted octanol–water partition coefficient (Wildman–Crippen LogP) is 2.11. The fourth-order valence-corrected chi connectivity index (χ4v) is 3.48. The summed E-state index contributed by atoms with van der Waals surface area (Å²) in [6, 6.07) is 3.89. The zero-order valence-corrected chi connectivity index (χ0v) is 16.1. The van der Waals surface area contributed by atoms with E-state index >= 15 is 0 Å². The van der Waals surface area contributed by atoms with E-state index in [0.29, 0.717) is 10.8 Å². The monoisotopic (exact) mass is 405 g/mol. The van der Waals surface area contributed by atoms with Gasteiger partial charge in [-0.1, -0.05) is 23.2 Å². The van der Waals surface area contributed by atoms with Crippen LogP contribution in [0, 0.1) is 0 Å². The molecule has 26 heavy (non-hydrogen) atoms. The Morgan fingerprint density at radius 1 is 1.38 bits per heavy atom. The number of rotatable bonds is 3. The molecule has 0 aliphatic carbocycles. The maximum Gasteiger partial charge on any atom is 0.223 e. The average Bonchev–Trinajstić information content (AvgIpc) is 2.53. The predicted molar refractivity (Wildman–Crippen MR) is 94.3 cm³/mol. The van der Waals surface area contributed by atoms with Crippen LogP contribution >= 0.6 is 23.2 Å². The lowest BCUT2D eigenvalue weighted by molar-refractivity contribution is -0.361. The summed E-state index contributed by atoms with van der Waals surface area (Å²) in [6.07, 6.45) is -3.27. The van der Waals surface area contributed by atoms with Gasteiger partial charge in [-0.2, -0.15) is 0 Å². The van der Waals surface area contributed by atoms with E-state index in [1.165, 1.54) is 13.0 Å². The van der Waals surface area contributed by atoms with Crippen molar-refractivity contribution < 1.29 is 28.8 Å². The van der Waals surface area contributed by atoms with Crippen LogP contribution in [0.15, 0.2) is 18.2 Å². The van der Waals surface area contributed by atoms with Gasteiger partial charge in [0.25, 0.3) is 0 Å². The van der Waals surface area contributed by atoms with Gasteiger partial charge >= 0.3 is 0 Å². The number of benzene rings is 1. The standard InChI is InChI=1S/C17H21Cl2NO6/c1-8(21)20-13-14(22)15-12(7-23-17(2,3)26-15)25-16(13)24-11-5-4-9(18)6-10(11)19/h4-6,12-16,22H,7H2,1-3H3,(H,20,21)/t12-,13+,14-,15+,16-/m1/s1. The molecule has 0 unspecified atom stereocenters. The van der Waals surface area contributed by atoms with Crippen molar-refractivity contribution in [2.45, 2.75) is 57.2 Å². The summed E-state index contributed by atoms with van der Waals surface area (Å²) in [5.74, 6) is -0.877. The fraction of sp³-hybridized carbons (Fsp3) is 0.588. The van der Waals surface area contributed by atoms with Crippen molar-refractivity contribution in [2.24, 2.45) is 0 Å². The van der Waals surface area contributed by atoms with Crippen LogP contribution < -0.4 is 10.1 Å². The summed E-state index contributed by atoms with van der Waals surface area (Å²) in [6.45, 7) is 5.06. The molecule has 2 aliphatic rings. The van der Waals surface area contributed by atoms with Crippen molar-refractivity contribution in [1.29, 1.82) is 0 Å². The van der Waals surface area contributed by atoms with Crippen LogP contribution in [0.3, 0.4) is 0 Å². The lowest BCUT2D eigenvalue weighted by atomic mass is 9.95. The fourth-order valence-electron chi connectivity index (χ4n) is 3.03. The molecule has 2 saturated heterocycles. The second-order valence-corrected chi connectivity index (χ2v) is 7.59. The molecule has 144 valence electrons. The maximum absolute atomic E-state index is 11.6. The minimum atomic E-state index is -1.06. The molecule has 5 atom stereocenters. The van der Waals surface area contributed by atoms with E-state index in [2.05, 4.69) is 5.32 Å². The number of carbonyl (C=O) groups excluding carboxylic acids is 1. The van der Waals surface area contributed by atoms with Crippen molar-refractivity contribution in [3.8, 4) is 5.75 Å². The smallest absolute Gasteiger partial charge is 0.223 e. The zero-order valence-electron chi connectivity index (χ0n) is 14.6. The van der Waals surface area contributed by atoms with Crippen LogP contribution in [0.4, 0.5) is 0 Å². The molecule has 3 rings (SSSR count). The quantitative estimate of drug-likeness (QED) is 0.800. The van der Waals surface area contributed by atoms with Crippen LogP contribution in [0.1, 0.15) is 20.8 Å². The Morgan fingerprint density at radius 2 is 2.12 bits per heavy atom. The van der Waals surface area contributed by atoms with Crippen LogP contribution in [-0.2, 0) is 19.0 Å². The molecule has 0 bridgehead atoms. The second kappa shape index (κ2) is 7.50. The largest absolute Gasteiger partial charge is 0.461 e. The average molecular weight is 406 g/mol. The molecule has 7 nitrogen and oxygen atoms in total. The van der Waals surface area contributed by atoms with Crippen molar-refractivity contribution in [3.05, 3.63) is 28.2 Å². The third-order valence-corrected chi connectivity index (χ3v) is 4.73. The highest BCUT2D eigenvalue weighted by Gasteiger charge is 2.52. The molecule has 2 N–H and O–H groups in total. The van der Waals surface area contributed by atoms with Gasteiger partial charge < -0.3 is 29.4 Å². The summed E-state index contributed by atoms with van der Waals surface area (Å²) >= 11 is 12.0. The third-order valence-electron chi connectivity index (χ3n) is 4.20. The molecule has 9 heteroatoms. The Hall–Kier alpha value is -1.09. The molecule has 1 aromatic rings. The Labute approximate surface area is 161 Å². The van der Waals surface area contributed by atoms with E-state index in [9.17, 15) is 9.90 Å². The minimum absolute atomic E-state index is 0.218. The molecular weight excluding hydrogens is 385 g/mol. The molecular formula is C17H21Cl2NO6. The van der Waals surface area contributed by atoms with Crippen molar-refractivity contribution >= 4 is 29.1 Å². The highest BCUT2D eigenvalue weighted by atomic mass is 35.5. The molecule has 1 amide bonds. The summed E-state index contributed by atoms with van der Waals surface area (Å²) in [5, 5.41) is 14.2. The molecule has 0 saturated carbocycles. The maximum atomic E-state index is 11.6. The van der Waals surface area contributed by atoms with Crippen LogP contribution in [0.5, 0.6) is 5.75 Å². The number of hydrogen-bond donors (Lipinski definition) is 2. The molecule has 2 fully saturated rings. The highest BCUT2D eigenvalue weighted by Crippen LogP contribution is 2.35. The first-order valence-electron chi connectivity index (χ1n) is 8.20. The van der Waals surface area contributed by atoms with E-state index in [4.69, 9.17) is 42.1 Å². The van der Waals surface area contributed by atoms with Gasteiger partial charge in [-0.05, 0) is 32.0 Å². The highest BCUT2D eigenvalue weighted by molar-refractivity contribution is 6.35. The summed E-state index contributed by atoms with van der Waals surface area (Å²) in [4.78, 5) is 11.6. The van der Waals surface area contributed by atoms with E-state index in [1.807, 2.05) is 0 Å². The molecule has 0 aromatic heterocycles. The summed E-state index contributed by atoms with van der Waals surface area (Å²) < 4.78 is 23.1. The molecule has 0 radical (unpaired) electrons. The summed E-state index contributed by atoms with van der Waals surface area (Å²) in [5.41, 5.74) is 0. The zero-order chi connectivity index (χ0) is 19.1. The number of aliphatic hydroxyl groups is 1.